The van der Waals surface area contributed by atoms with Gasteiger partial charge < -0.3 is 5.73 Å². The lowest BCUT2D eigenvalue weighted by atomic mass is 9.76. The number of nitrogens with zero attached hydrogens (tertiary/aromatic N) is 2. The van der Waals surface area contributed by atoms with Gasteiger partial charge in [-0.05, 0) is 54.5 Å². The van der Waals surface area contributed by atoms with Crippen LogP contribution in [0, 0.1) is 11.8 Å². The van der Waals surface area contributed by atoms with Crippen molar-refractivity contribution in [3.8, 4) is 0 Å². The molecule has 1 aliphatic carbocycles. The Morgan fingerprint density at radius 3 is 2.84 bits per heavy atom. The zero-order valence-corrected chi connectivity index (χ0v) is 13.9. The van der Waals surface area contributed by atoms with E-state index in [9.17, 15) is 0 Å². The lowest BCUT2D eigenvalue weighted by molar-refractivity contribution is 0.223. The lowest BCUT2D eigenvalue weighted by Gasteiger charge is -2.33. The van der Waals surface area contributed by atoms with Crippen LogP contribution in [0.4, 0.5) is 0 Å². The van der Waals surface area contributed by atoms with Gasteiger partial charge in [-0.2, -0.15) is 5.10 Å². The summed E-state index contributed by atoms with van der Waals surface area (Å²) in [6.07, 6.45) is 8.40. The molecule has 2 rings (SSSR count). The van der Waals surface area contributed by atoms with Crippen LogP contribution in [0.15, 0.2) is 10.7 Å². The minimum atomic E-state index is 0.105. The van der Waals surface area contributed by atoms with Crippen molar-refractivity contribution in [2.45, 2.75) is 65.0 Å². The summed E-state index contributed by atoms with van der Waals surface area (Å²) in [5, 5.41) is 4.46. The molecule has 0 bridgehead atoms. The molecule has 3 atom stereocenters. The Morgan fingerprint density at radius 2 is 2.21 bits per heavy atom. The number of halogens is 1. The molecule has 2 N–H and O–H groups in total. The van der Waals surface area contributed by atoms with Crippen LogP contribution in [0.1, 0.15) is 70.7 Å². The molecule has 0 amide bonds. The Balaban J connectivity index is 2.19. The first-order valence-corrected chi connectivity index (χ1v) is 8.32. The van der Waals surface area contributed by atoms with Gasteiger partial charge in [-0.3, -0.25) is 4.68 Å². The summed E-state index contributed by atoms with van der Waals surface area (Å²) in [4.78, 5) is 0. The van der Waals surface area contributed by atoms with Gasteiger partial charge in [-0.1, -0.05) is 26.2 Å². The van der Waals surface area contributed by atoms with Crippen molar-refractivity contribution < 1.29 is 0 Å². The summed E-state index contributed by atoms with van der Waals surface area (Å²) in [7, 11) is 0. The fourth-order valence-electron chi connectivity index (χ4n) is 3.33. The Bertz CT molecular complexity index is 414. The summed E-state index contributed by atoms with van der Waals surface area (Å²) in [6.45, 7) is 6.61. The van der Waals surface area contributed by atoms with Gasteiger partial charge in [0.15, 0.2) is 0 Å². The number of aromatic nitrogens is 2. The van der Waals surface area contributed by atoms with Crippen LogP contribution < -0.4 is 5.73 Å². The molecule has 1 heterocycles. The number of rotatable bonds is 4. The molecule has 1 aromatic heterocycles. The van der Waals surface area contributed by atoms with Gasteiger partial charge in [-0.15, -0.1) is 0 Å². The van der Waals surface area contributed by atoms with Gasteiger partial charge >= 0.3 is 0 Å². The normalized spacial score (nSPS) is 25.8. The maximum Gasteiger partial charge on any atom is 0.0699 e. The molecule has 1 aromatic rings. The Kier molecular flexibility index (Phi) is 5.07. The third-order valence-corrected chi connectivity index (χ3v) is 5.11. The predicted molar refractivity (Wildman–Crippen MR) is 83.0 cm³/mol. The molecule has 1 aliphatic rings. The molecule has 0 aliphatic heterocycles. The van der Waals surface area contributed by atoms with Crippen molar-refractivity contribution >= 4 is 15.9 Å². The van der Waals surface area contributed by atoms with Crippen LogP contribution >= 0.6 is 15.9 Å². The van der Waals surface area contributed by atoms with E-state index in [1.165, 1.54) is 37.8 Å². The van der Waals surface area contributed by atoms with Crippen LogP contribution in [-0.2, 0) is 0 Å². The van der Waals surface area contributed by atoms with Crippen molar-refractivity contribution in [1.29, 1.82) is 0 Å². The molecule has 0 spiro atoms. The van der Waals surface area contributed by atoms with Crippen LogP contribution in [0.3, 0.4) is 0 Å². The number of hydrogen-bond acceptors (Lipinski definition) is 2. The maximum atomic E-state index is 6.58. The summed E-state index contributed by atoms with van der Waals surface area (Å²) in [5.41, 5.74) is 7.76. The van der Waals surface area contributed by atoms with Gasteiger partial charge in [0.05, 0.1) is 22.4 Å². The molecule has 0 aromatic carbocycles. The molecule has 3 unspecified atom stereocenters. The quantitative estimate of drug-likeness (QED) is 0.888. The van der Waals surface area contributed by atoms with Gasteiger partial charge in [-0.25, -0.2) is 0 Å². The SMILES string of the molecule is CCC1CCCC(C(N)c2c(Br)cnn2C(C)C)C1. The topological polar surface area (TPSA) is 43.8 Å². The second-order valence-corrected chi connectivity index (χ2v) is 7.00. The van der Waals surface area contributed by atoms with Crippen molar-refractivity contribution in [1.82, 2.24) is 9.78 Å². The molecule has 1 saturated carbocycles. The van der Waals surface area contributed by atoms with E-state index in [0.717, 1.165) is 10.4 Å². The lowest BCUT2D eigenvalue weighted by Crippen LogP contribution is -2.29. The van der Waals surface area contributed by atoms with E-state index < -0.39 is 0 Å². The Morgan fingerprint density at radius 1 is 1.47 bits per heavy atom. The Hall–Kier alpha value is -0.350. The van der Waals surface area contributed by atoms with E-state index in [1.54, 1.807) is 0 Å². The molecule has 108 valence electrons. The minimum absolute atomic E-state index is 0.105. The highest BCUT2D eigenvalue weighted by atomic mass is 79.9. The monoisotopic (exact) mass is 327 g/mol. The van der Waals surface area contributed by atoms with E-state index in [4.69, 9.17) is 5.73 Å². The third-order valence-electron chi connectivity index (χ3n) is 4.50. The fraction of sp³-hybridized carbons (Fsp3) is 0.800. The zero-order valence-electron chi connectivity index (χ0n) is 12.3. The summed E-state index contributed by atoms with van der Waals surface area (Å²) >= 11 is 3.62. The number of nitrogens with two attached hydrogens (primary N) is 1. The van der Waals surface area contributed by atoms with Crippen molar-refractivity contribution in [3.63, 3.8) is 0 Å². The maximum absolute atomic E-state index is 6.58. The molecule has 4 heteroatoms. The van der Waals surface area contributed by atoms with Crippen molar-refractivity contribution in [2.24, 2.45) is 17.6 Å². The summed E-state index contributed by atoms with van der Waals surface area (Å²) in [6, 6.07) is 0.464. The molecular formula is C15H26BrN3. The summed E-state index contributed by atoms with van der Waals surface area (Å²) in [5.74, 6) is 1.46. The van der Waals surface area contributed by atoms with E-state index in [1.807, 2.05) is 6.20 Å². The van der Waals surface area contributed by atoms with E-state index in [0.29, 0.717) is 12.0 Å². The molecule has 19 heavy (non-hydrogen) atoms. The zero-order chi connectivity index (χ0) is 14.0. The summed E-state index contributed by atoms with van der Waals surface area (Å²) < 4.78 is 3.14. The highest BCUT2D eigenvalue weighted by molar-refractivity contribution is 9.10. The van der Waals surface area contributed by atoms with Gasteiger partial charge in [0, 0.05) is 6.04 Å². The molecule has 3 nitrogen and oxygen atoms in total. The first kappa shape index (κ1) is 15.0. The third kappa shape index (κ3) is 3.22. The molecule has 1 fully saturated rings. The van der Waals surface area contributed by atoms with E-state index >= 15 is 0 Å². The number of hydrogen-bond donors (Lipinski definition) is 1. The van der Waals surface area contributed by atoms with Crippen molar-refractivity contribution in [2.75, 3.05) is 0 Å². The van der Waals surface area contributed by atoms with Crippen LogP contribution in [0.5, 0.6) is 0 Å². The first-order valence-electron chi connectivity index (χ1n) is 7.53. The molecule has 0 saturated heterocycles. The van der Waals surface area contributed by atoms with Crippen LogP contribution in [-0.4, -0.2) is 9.78 Å². The average Bonchev–Trinajstić information content (AvgIpc) is 2.80. The van der Waals surface area contributed by atoms with Crippen LogP contribution in [0.2, 0.25) is 0 Å². The largest absolute Gasteiger partial charge is 0.322 e. The first-order chi connectivity index (χ1) is 9.04. The highest BCUT2D eigenvalue weighted by Crippen LogP contribution is 2.39. The Labute approximate surface area is 125 Å². The van der Waals surface area contributed by atoms with E-state index in [2.05, 4.69) is 46.5 Å². The average molecular weight is 328 g/mol. The second kappa shape index (κ2) is 6.40. The predicted octanol–water partition coefficient (Wildman–Crippen LogP) is 4.44. The van der Waals surface area contributed by atoms with Gasteiger partial charge in [0.2, 0.25) is 0 Å². The molecular weight excluding hydrogens is 302 g/mol. The second-order valence-electron chi connectivity index (χ2n) is 6.14. The van der Waals surface area contributed by atoms with Gasteiger partial charge in [0.25, 0.3) is 0 Å². The smallest absolute Gasteiger partial charge is 0.0699 e. The van der Waals surface area contributed by atoms with Crippen LogP contribution in [0.25, 0.3) is 0 Å². The minimum Gasteiger partial charge on any atom is -0.322 e. The van der Waals surface area contributed by atoms with E-state index in [-0.39, 0.29) is 6.04 Å². The fourth-order valence-corrected chi connectivity index (χ4v) is 3.86. The molecule has 0 radical (unpaired) electrons. The van der Waals surface area contributed by atoms with Crippen molar-refractivity contribution in [3.05, 3.63) is 16.4 Å². The standard InChI is InChI=1S/C15H26BrN3/c1-4-11-6-5-7-12(8-11)14(17)15-13(16)9-18-19(15)10(2)3/h9-12,14H,4-8,17H2,1-3H3. The van der Waals surface area contributed by atoms with Gasteiger partial charge in [0.1, 0.15) is 0 Å². The highest BCUT2D eigenvalue weighted by Gasteiger charge is 2.30.